The highest BCUT2D eigenvalue weighted by atomic mass is 32.2. The summed E-state index contributed by atoms with van der Waals surface area (Å²) in [4.78, 5) is 4.69. The zero-order chi connectivity index (χ0) is 13.1. The first kappa shape index (κ1) is 14.2. The Bertz CT molecular complexity index is 301. The first-order valence-corrected chi connectivity index (χ1v) is 8.45. The maximum Gasteiger partial charge on any atom is 0.157 e. The Labute approximate surface area is 116 Å². The van der Waals surface area contributed by atoms with Crippen LogP contribution in [0, 0.1) is 17.8 Å². The van der Waals surface area contributed by atoms with Gasteiger partial charge in [0.25, 0.3) is 0 Å². The van der Waals surface area contributed by atoms with Crippen molar-refractivity contribution in [2.45, 2.75) is 64.7 Å². The topological polar surface area (TPSA) is 24.4 Å². The van der Waals surface area contributed by atoms with E-state index in [-0.39, 0.29) is 0 Å². The molecule has 0 bridgehead atoms. The van der Waals surface area contributed by atoms with Gasteiger partial charge in [0, 0.05) is 11.3 Å². The van der Waals surface area contributed by atoms with Gasteiger partial charge in [-0.3, -0.25) is 4.99 Å². The number of aliphatic imine (C=N–C) groups is 1. The first-order chi connectivity index (χ1) is 8.60. The fourth-order valence-corrected chi connectivity index (χ4v) is 4.65. The van der Waals surface area contributed by atoms with Crippen molar-refractivity contribution in [2.75, 3.05) is 6.54 Å². The van der Waals surface area contributed by atoms with Gasteiger partial charge in [-0.15, -0.1) is 0 Å². The van der Waals surface area contributed by atoms with Gasteiger partial charge in [0.1, 0.15) is 0 Å². The Morgan fingerprint density at radius 1 is 1.39 bits per heavy atom. The lowest BCUT2D eigenvalue weighted by atomic mass is 9.94. The van der Waals surface area contributed by atoms with E-state index in [1.165, 1.54) is 30.9 Å². The van der Waals surface area contributed by atoms with Crippen molar-refractivity contribution in [1.82, 2.24) is 5.32 Å². The minimum atomic E-state index is 0.666. The van der Waals surface area contributed by atoms with E-state index in [2.05, 4.69) is 38.0 Å². The summed E-state index contributed by atoms with van der Waals surface area (Å²) in [7, 11) is 0. The maximum atomic E-state index is 4.69. The molecule has 0 saturated heterocycles. The molecule has 1 aliphatic heterocycles. The minimum absolute atomic E-state index is 0.666. The molecule has 3 heteroatoms. The molecular weight excluding hydrogens is 240 g/mol. The average Bonchev–Trinajstić information content (AvgIpc) is 2.87. The highest BCUT2D eigenvalue weighted by Crippen LogP contribution is 2.35. The molecule has 18 heavy (non-hydrogen) atoms. The Morgan fingerprint density at radius 2 is 2.17 bits per heavy atom. The number of thioether (sulfide) groups is 1. The number of amidine groups is 1. The van der Waals surface area contributed by atoms with Gasteiger partial charge in [-0.05, 0) is 37.0 Å². The Kier molecular flexibility index (Phi) is 4.99. The van der Waals surface area contributed by atoms with Crippen molar-refractivity contribution >= 4 is 16.9 Å². The third-order valence-corrected chi connectivity index (χ3v) is 5.66. The fraction of sp³-hybridized carbons (Fsp3) is 0.933. The average molecular weight is 268 g/mol. The van der Waals surface area contributed by atoms with Crippen LogP contribution in [0.5, 0.6) is 0 Å². The van der Waals surface area contributed by atoms with Gasteiger partial charge < -0.3 is 5.32 Å². The Balaban J connectivity index is 1.78. The van der Waals surface area contributed by atoms with Crippen LogP contribution in [0.3, 0.4) is 0 Å². The number of nitrogens with one attached hydrogen (secondary N) is 1. The van der Waals surface area contributed by atoms with Crippen LogP contribution in [0.15, 0.2) is 4.99 Å². The van der Waals surface area contributed by atoms with Crippen LogP contribution in [-0.4, -0.2) is 23.0 Å². The molecule has 0 aromatic carbocycles. The second-order valence-corrected chi connectivity index (χ2v) is 7.66. The summed E-state index contributed by atoms with van der Waals surface area (Å²) in [5.74, 6) is 2.51. The predicted octanol–water partition coefficient (Wildman–Crippen LogP) is 3.92. The summed E-state index contributed by atoms with van der Waals surface area (Å²) in [5.41, 5.74) is 0. The van der Waals surface area contributed by atoms with E-state index in [1.807, 2.05) is 11.8 Å². The van der Waals surface area contributed by atoms with Gasteiger partial charge in [0.2, 0.25) is 0 Å². The van der Waals surface area contributed by atoms with Crippen LogP contribution in [0.1, 0.15) is 53.4 Å². The molecule has 0 amide bonds. The summed E-state index contributed by atoms with van der Waals surface area (Å²) < 4.78 is 0. The molecule has 4 unspecified atom stereocenters. The molecule has 0 aromatic rings. The first-order valence-electron chi connectivity index (χ1n) is 7.57. The van der Waals surface area contributed by atoms with Crippen LogP contribution >= 0.6 is 11.8 Å². The number of hydrogen-bond acceptors (Lipinski definition) is 3. The smallest absolute Gasteiger partial charge is 0.157 e. The summed E-state index contributed by atoms with van der Waals surface area (Å²) in [6.07, 6.45) is 5.34. The zero-order valence-electron chi connectivity index (χ0n) is 12.3. The normalized spacial score (nSPS) is 36.2. The lowest BCUT2D eigenvalue weighted by Crippen LogP contribution is -2.35. The lowest BCUT2D eigenvalue weighted by molar-refractivity contribution is 0.369. The van der Waals surface area contributed by atoms with Gasteiger partial charge in [-0.25, -0.2) is 0 Å². The monoisotopic (exact) mass is 268 g/mol. The molecule has 2 rings (SSSR count). The molecule has 1 fully saturated rings. The SMILES string of the molecule is CCC1CCC(NC2=NCC(CC(C)C)S2)C1C. The molecule has 0 aromatic heterocycles. The van der Waals surface area contributed by atoms with Crippen LogP contribution in [0.2, 0.25) is 0 Å². The van der Waals surface area contributed by atoms with E-state index in [1.54, 1.807) is 0 Å². The summed E-state index contributed by atoms with van der Waals surface area (Å²) in [6, 6.07) is 0.666. The van der Waals surface area contributed by atoms with Crippen molar-refractivity contribution in [3.8, 4) is 0 Å². The summed E-state index contributed by atoms with van der Waals surface area (Å²) in [6.45, 7) is 10.4. The molecule has 0 spiro atoms. The third-order valence-electron chi connectivity index (χ3n) is 4.51. The molecule has 1 aliphatic carbocycles. The highest BCUT2D eigenvalue weighted by molar-refractivity contribution is 8.14. The number of rotatable bonds is 4. The molecule has 1 saturated carbocycles. The number of nitrogens with zero attached hydrogens (tertiary/aromatic N) is 1. The van der Waals surface area contributed by atoms with Crippen molar-refractivity contribution in [1.29, 1.82) is 0 Å². The van der Waals surface area contributed by atoms with Crippen molar-refractivity contribution in [3.63, 3.8) is 0 Å². The van der Waals surface area contributed by atoms with Crippen LogP contribution in [-0.2, 0) is 0 Å². The molecule has 2 aliphatic rings. The van der Waals surface area contributed by atoms with Crippen LogP contribution in [0.4, 0.5) is 0 Å². The van der Waals surface area contributed by atoms with E-state index in [0.717, 1.165) is 24.3 Å². The second kappa shape index (κ2) is 6.31. The zero-order valence-corrected chi connectivity index (χ0v) is 13.1. The molecule has 104 valence electrons. The van der Waals surface area contributed by atoms with Gasteiger partial charge in [-0.1, -0.05) is 45.9 Å². The van der Waals surface area contributed by atoms with Crippen molar-refractivity contribution in [3.05, 3.63) is 0 Å². The molecule has 4 atom stereocenters. The molecular formula is C15H28N2S. The van der Waals surface area contributed by atoms with Crippen molar-refractivity contribution in [2.24, 2.45) is 22.7 Å². The highest BCUT2D eigenvalue weighted by Gasteiger charge is 2.33. The number of hydrogen-bond donors (Lipinski definition) is 1. The molecule has 1 N–H and O–H groups in total. The van der Waals surface area contributed by atoms with E-state index in [0.29, 0.717) is 11.3 Å². The lowest BCUT2D eigenvalue weighted by Gasteiger charge is -2.22. The molecule has 0 radical (unpaired) electrons. The van der Waals surface area contributed by atoms with Crippen molar-refractivity contribution < 1.29 is 0 Å². The Hall–Kier alpha value is -0.180. The van der Waals surface area contributed by atoms with Gasteiger partial charge in [0.05, 0.1) is 6.54 Å². The maximum absolute atomic E-state index is 4.69. The van der Waals surface area contributed by atoms with E-state index in [4.69, 9.17) is 0 Å². The quantitative estimate of drug-likeness (QED) is 0.836. The van der Waals surface area contributed by atoms with Gasteiger partial charge in [-0.2, -0.15) is 0 Å². The predicted molar refractivity (Wildman–Crippen MR) is 82.2 cm³/mol. The van der Waals surface area contributed by atoms with Gasteiger partial charge in [0.15, 0.2) is 5.17 Å². The third kappa shape index (κ3) is 3.43. The molecule has 1 heterocycles. The minimum Gasteiger partial charge on any atom is -0.362 e. The standard InChI is InChI=1S/C15H28N2S/c1-5-12-6-7-14(11(12)4)17-15-16-9-13(18-15)8-10(2)3/h10-14H,5-9H2,1-4H3,(H,16,17). The van der Waals surface area contributed by atoms with Gasteiger partial charge >= 0.3 is 0 Å². The summed E-state index contributed by atoms with van der Waals surface area (Å²) in [5, 5.41) is 5.64. The van der Waals surface area contributed by atoms with Crippen LogP contribution in [0.25, 0.3) is 0 Å². The summed E-state index contributed by atoms with van der Waals surface area (Å²) >= 11 is 1.98. The molecule has 2 nitrogen and oxygen atoms in total. The largest absolute Gasteiger partial charge is 0.362 e. The fourth-order valence-electron chi connectivity index (χ4n) is 3.33. The van der Waals surface area contributed by atoms with E-state index >= 15 is 0 Å². The van der Waals surface area contributed by atoms with E-state index in [9.17, 15) is 0 Å². The van der Waals surface area contributed by atoms with E-state index < -0.39 is 0 Å². The van der Waals surface area contributed by atoms with Crippen LogP contribution < -0.4 is 5.32 Å². The Morgan fingerprint density at radius 3 is 2.78 bits per heavy atom. The second-order valence-electron chi connectivity index (χ2n) is 6.37.